The van der Waals surface area contributed by atoms with E-state index < -0.39 is 4.92 Å². The van der Waals surface area contributed by atoms with E-state index in [1.165, 1.54) is 4.57 Å². The Labute approximate surface area is 153 Å². The lowest BCUT2D eigenvalue weighted by molar-refractivity contribution is -0.384. The highest BCUT2D eigenvalue weighted by atomic mass is 127. The molecule has 0 aromatic carbocycles. The van der Waals surface area contributed by atoms with Gasteiger partial charge in [0.05, 0.1) is 13.1 Å². The molecule has 94 valence electrons. The quantitative estimate of drug-likeness (QED) is 0.239. The van der Waals surface area contributed by atoms with Gasteiger partial charge in [-0.1, -0.05) is 34.8 Å². The minimum atomic E-state index is -0.640. The zero-order chi connectivity index (χ0) is 13.3. The molecule has 0 aliphatic carbocycles. The molecule has 0 saturated heterocycles. The second kappa shape index (κ2) is 6.77. The highest BCUT2D eigenvalue weighted by Crippen LogP contribution is 2.42. The molecule has 4 nitrogen and oxygen atoms in total. The third-order valence-electron chi connectivity index (χ3n) is 1.74. The first-order valence-corrected chi connectivity index (χ1v) is 8.21. The van der Waals surface area contributed by atoms with Gasteiger partial charge in [0.1, 0.15) is 5.15 Å². The second-order valence-electron chi connectivity index (χ2n) is 2.75. The summed E-state index contributed by atoms with van der Waals surface area (Å²) in [6.45, 7) is 0.354. The van der Waals surface area contributed by atoms with Crippen molar-refractivity contribution in [2.75, 3.05) is 0 Å². The maximum atomic E-state index is 10.8. The minimum Gasteiger partial charge on any atom is -0.311 e. The maximum Gasteiger partial charge on any atom is 0.326 e. The van der Waals surface area contributed by atoms with Crippen molar-refractivity contribution in [2.45, 2.75) is 6.54 Å². The largest absolute Gasteiger partial charge is 0.326 e. The fraction of sp³-hybridized carbons (Fsp3) is 0.143. The summed E-state index contributed by atoms with van der Waals surface area (Å²) in [4.78, 5) is 10.1. The van der Waals surface area contributed by atoms with Gasteiger partial charge >= 0.3 is 5.69 Å². The van der Waals surface area contributed by atoms with E-state index in [4.69, 9.17) is 34.8 Å². The summed E-state index contributed by atoms with van der Waals surface area (Å²) in [5, 5.41) is 10.7. The molecule has 0 fully saturated rings. The molecule has 17 heavy (non-hydrogen) atoms. The SMILES string of the molecule is O=[N+]([O-])c1c(Cl)c(Cl)n(CC(I)=C(I)I)c1Cl. The van der Waals surface area contributed by atoms with E-state index in [0.717, 1.165) is 5.17 Å². The van der Waals surface area contributed by atoms with Crippen LogP contribution in [0.5, 0.6) is 0 Å². The van der Waals surface area contributed by atoms with Crippen LogP contribution < -0.4 is 0 Å². The standard InChI is InChI=1S/C7H2Cl3I3N2O2/c8-3-4(15(16)17)6(10)14(5(3)9)1-2(11)7(12)13/h1H2. The van der Waals surface area contributed by atoms with Crippen molar-refractivity contribution >= 4 is 108 Å². The van der Waals surface area contributed by atoms with Crippen molar-refractivity contribution in [1.29, 1.82) is 0 Å². The number of hydrogen-bond acceptors (Lipinski definition) is 2. The Morgan fingerprint density at radius 3 is 2.12 bits per heavy atom. The minimum absolute atomic E-state index is 0.0618. The molecule has 0 radical (unpaired) electrons. The fourth-order valence-corrected chi connectivity index (χ4v) is 2.59. The molecule has 1 heterocycles. The van der Waals surface area contributed by atoms with Gasteiger partial charge in [-0.15, -0.1) is 0 Å². The van der Waals surface area contributed by atoms with E-state index in [1.807, 2.05) is 0 Å². The van der Waals surface area contributed by atoms with E-state index in [1.54, 1.807) is 0 Å². The molecule has 1 aromatic rings. The monoisotopic (exact) mass is 632 g/mol. The molecular formula is C7H2Cl3I3N2O2. The first-order valence-electron chi connectivity index (χ1n) is 3.84. The van der Waals surface area contributed by atoms with Gasteiger partial charge in [0.25, 0.3) is 0 Å². The van der Waals surface area contributed by atoms with Crippen LogP contribution in [0.1, 0.15) is 0 Å². The van der Waals surface area contributed by atoms with Crippen LogP contribution in [0.15, 0.2) is 5.17 Å². The van der Waals surface area contributed by atoms with Crippen LogP contribution in [0.2, 0.25) is 15.3 Å². The third-order valence-corrected chi connectivity index (χ3v) is 7.22. The Bertz CT molecular complexity index is 511. The predicted molar refractivity (Wildman–Crippen MR) is 95.2 cm³/mol. The molecule has 1 rings (SSSR count). The van der Waals surface area contributed by atoms with Crippen LogP contribution in [0, 0.1) is 10.1 Å². The van der Waals surface area contributed by atoms with Gasteiger partial charge in [-0.3, -0.25) is 10.1 Å². The number of hydrogen-bond donors (Lipinski definition) is 0. The lowest BCUT2D eigenvalue weighted by atomic mass is 10.5. The Balaban J connectivity index is 3.32. The first kappa shape index (κ1) is 16.5. The summed E-state index contributed by atoms with van der Waals surface area (Å²) < 4.78 is 3.40. The highest BCUT2D eigenvalue weighted by Gasteiger charge is 2.28. The Kier molecular flexibility index (Phi) is 6.58. The third kappa shape index (κ3) is 3.74. The van der Waals surface area contributed by atoms with E-state index in [-0.39, 0.29) is 21.0 Å². The number of aromatic nitrogens is 1. The summed E-state index contributed by atoms with van der Waals surface area (Å²) in [5.74, 6) is 0. The van der Waals surface area contributed by atoms with E-state index in [2.05, 4.69) is 67.8 Å². The van der Waals surface area contributed by atoms with E-state index in [0.29, 0.717) is 6.54 Å². The number of rotatable bonds is 3. The fourth-order valence-electron chi connectivity index (χ4n) is 1.01. The highest BCUT2D eigenvalue weighted by molar-refractivity contribution is 14.2. The molecule has 0 spiro atoms. The molecule has 0 unspecified atom stereocenters. The van der Waals surface area contributed by atoms with Gasteiger partial charge in [-0.25, -0.2) is 0 Å². The van der Waals surface area contributed by atoms with Gasteiger partial charge in [-0.05, 0) is 67.8 Å². The average Bonchev–Trinajstić information content (AvgIpc) is 2.42. The summed E-state index contributed by atoms with van der Waals surface area (Å²) >= 11 is 24.0. The van der Waals surface area contributed by atoms with Gasteiger partial charge in [0.2, 0.25) is 0 Å². The van der Waals surface area contributed by atoms with Gasteiger partial charge in [0, 0.05) is 3.58 Å². The van der Waals surface area contributed by atoms with Crippen LogP contribution in [-0.4, -0.2) is 9.49 Å². The van der Waals surface area contributed by atoms with E-state index in [9.17, 15) is 10.1 Å². The maximum absolute atomic E-state index is 10.8. The Morgan fingerprint density at radius 2 is 1.76 bits per heavy atom. The van der Waals surface area contributed by atoms with Crippen LogP contribution in [0.25, 0.3) is 0 Å². The van der Waals surface area contributed by atoms with Gasteiger partial charge in [0.15, 0.2) is 10.2 Å². The molecule has 0 bridgehead atoms. The lowest BCUT2D eigenvalue weighted by Crippen LogP contribution is -1.98. The van der Waals surface area contributed by atoms with Crippen molar-refractivity contribution in [2.24, 2.45) is 0 Å². The summed E-state index contributed by atoms with van der Waals surface area (Å²) in [5.41, 5.74) is -0.356. The molecule has 1 aromatic heterocycles. The molecule has 0 aliphatic heterocycles. The number of nitrogens with zero attached hydrogens (tertiary/aromatic N) is 2. The smallest absolute Gasteiger partial charge is 0.311 e. The van der Waals surface area contributed by atoms with Crippen molar-refractivity contribution in [3.8, 4) is 0 Å². The predicted octanol–water partition coefficient (Wildman–Crippen LogP) is 5.83. The van der Waals surface area contributed by atoms with E-state index >= 15 is 0 Å². The number of allylic oxidation sites excluding steroid dienone is 1. The van der Waals surface area contributed by atoms with Crippen molar-refractivity contribution < 1.29 is 4.92 Å². The first-order chi connectivity index (χ1) is 7.77. The zero-order valence-electron chi connectivity index (χ0n) is 7.69. The topological polar surface area (TPSA) is 48.1 Å². The summed E-state index contributed by atoms with van der Waals surface area (Å²) in [7, 11) is 0. The molecule has 0 amide bonds. The van der Waals surface area contributed by atoms with Crippen LogP contribution in [0.3, 0.4) is 0 Å². The molecule has 10 heteroatoms. The van der Waals surface area contributed by atoms with Crippen LogP contribution in [0.4, 0.5) is 5.69 Å². The van der Waals surface area contributed by atoms with Crippen LogP contribution >= 0.6 is 103 Å². The Morgan fingerprint density at radius 1 is 1.24 bits per heavy atom. The summed E-state index contributed by atoms with van der Waals surface area (Å²) in [6, 6.07) is 0. The number of halogens is 6. The van der Waals surface area contributed by atoms with Crippen molar-refractivity contribution in [3.63, 3.8) is 0 Å². The molecule has 0 aliphatic rings. The Hall–Kier alpha value is 1.48. The molecule has 0 atom stereocenters. The van der Waals surface area contributed by atoms with Crippen molar-refractivity contribution in [3.05, 3.63) is 30.6 Å². The molecule has 0 saturated carbocycles. The lowest BCUT2D eigenvalue weighted by Gasteiger charge is -2.05. The zero-order valence-corrected chi connectivity index (χ0v) is 16.4. The number of nitro groups is 1. The summed E-state index contributed by atoms with van der Waals surface area (Å²) in [6.07, 6.45) is 0. The average molecular weight is 633 g/mol. The van der Waals surface area contributed by atoms with Gasteiger partial charge in [-0.2, -0.15) is 0 Å². The molecule has 0 N–H and O–H groups in total. The molecular weight excluding hydrogens is 631 g/mol. The van der Waals surface area contributed by atoms with Crippen LogP contribution in [-0.2, 0) is 6.54 Å². The normalized spacial score (nSPS) is 10.5. The second-order valence-corrected chi connectivity index (χ2v) is 9.37. The van der Waals surface area contributed by atoms with Gasteiger partial charge < -0.3 is 4.57 Å². The van der Waals surface area contributed by atoms with Crippen molar-refractivity contribution in [1.82, 2.24) is 4.57 Å².